The highest BCUT2D eigenvalue weighted by Gasteiger charge is 2.37. The molecule has 1 aromatic carbocycles. The summed E-state index contributed by atoms with van der Waals surface area (Å²) in [5, 5.41) is 3.74. The molecule has 3 unspecified atom stereocenters. The molecule has 19 heavy (non-hydrogen) atoms. The number of hydrogen-bond donors (Lipinski definition) is 1. The van der Waals surface area contributed by atoms with Crippen LogP contribution in [0.3, 0.4) is 0 Å². The first-order chi connectivity index (χ1) is 9.19. The molecule has 0 spiro atoms. The van der Waals surface area contributed by atoms with E-state index in [4.69, 9.17) is 9.47 Å². The lowest BCUT2D eigenvalue weighted by atomic mass is 9.89. The van der Waals surface area contributed by atoms with Crippen LogP contribution in [0.25, 0.3) is 0 Å². The molecule has 1 saturated heterocycles. The average Bonchev–Trinajstić information content (AvgIpc) is 2.77. The SMILES string of the molecule is CC1OCCC1(C)NCC1CCOc2ccccc21. The van der Waals surface area contributed by atoms with E-state index in [0.29, 0.717) is 12.0 Å². The van der Waals surface area contributed by atoms with E-state index in [2.05, 4.69) is 37.4 Å². The minimum Gasteiger partial charge on any atom is -0.493 e. The quantitative estimate of drug-likeness (QED) is 0.907. The first kappa shape index (κ1) is 12.9. The molecule has 0 bridgehead atoms. The van der Waals surface area contributed by atoms with Crippen LogP contribution in [0.4, 0.5) is 0 Å². The van der Waals surface area contributed by atoms with Crippen LogP contribution in [-0.2, 0) is 4.74 Å². The lowest BCUT2D eigenvalue weighted by Gasteiger charge is -2.33. The minimum atomic E-state index is 0.118. The van der Waals surface area contributed by atoms with Gasteiger partial charge in [-0.25, -0.2) is 0 Å². The zero-order valence-corrected chi connectivity index (χ0v) is 11.8. The molecule has 3 atom stereocenters. The van der Waals surface area contributed by atoms with Gasteiger partial charge in [-0.2, -0.15) is 0 Å². The maximum Gasteiger partial charge on any atom is 0.122 e. The first-order valence-electron chi connectivity index (χ1n) is 7.27. The number of benzene rings is 1. The Morgan fingerprint density at radius 2 is 2.16 bits per heavy atom. The van der Waals surface area contributed by atoms with E-state index in [-0.39, 0.29) is 5.54 Å². The summed E-state index contributed by atoms with van der Waals surface area (Å²) < 4.78 is 11.4. The summed E-state index contributed by atoms with van der Waals surface area (Å²) in [6.07, 6.45) is 2.48. The smallest absolute Gasteiger partial charge is 0.122 e. The Morgan fingerprint density at radius 3 is 2.95 bits per heavy atom. The molecule has 3 heteroatoms. The number of hydrogen-bond acceptors (Lipinski definition) is 3. The number of rotatable bonds is 3. The van der Waals surface area contributed by atoms with E-state index in [0.717, 1.165) is 38.3 Å². The van der Waals surface area contributed by atoms with Crippen molar-refractivity contribution in [1.82, 2.24) is 5.32 Å². The molecule has 2 heterocycles. The maximum absolute atomic E-state index is 5.72. The molecule has 2 aliphatic heterocycles. The monoisotopic (exact) mass is 261 g/mol. The van der Waals surface area contributed by atoms with Crippen LogP contribution in [0.5, 0.6) is 5.75 Å². The summed E-state index contributed by atoms with van der Waals surface area (Å²) in [6.45, 7) is 7.14. The minimum absolute atomic E-state index is 0.118. The highest BCUT2D eigenvalue weighted by molar-refractivity contribution is 5.38. The Bertz CT molecular complexity index is 448. The molecule has 104 valence electrons. The van der Waals surface area contributed by atoms with Gasteiger partial charge in [-0.15, -0.1) is 0 Å². The lowest BCUT2D eigenvalue weighted by molar-refractivity contribution is 0.0875. The molecule has 1 N–H and O–H groups in total. The van der Waals surface area contributed by atoms with Crippen LogP contribution < -0.4 is 10.1 Å². The van der Waals surface area contributed by atoms with Crippen molar-refractivity contribution in [2.24, 2.45) is 0 Å². The number of nitrogens with one attached hydrogen (secondary N) is 1. The van der Waals surface area contributed by atoms with Gasteiger partial charge >= 0.3 is 0 Å². The zero-order valence-electron chi connectivity index (χ0n) is 11.8. The van der Waals surface area contributed by atoms with Gasteiger partial charge in [0.1, 0.15) is 5.75 Å². The third-order valence-electron chi connectivity index (χ3n) is 4.72. The summed E-state index contributed by atoms with van der Waals surface area (Å²) in [4.78, 5) is 0. The Balaban J connectivity index is 1.68. The van der Waals surface area contributed by atoms with Gasteiger partial charge in [0.2, 0.25) is 0 Å². The van der Waals surface area contributed by atoms with Gasteiger partial charge < -0.3 is 14.8 Å². The standard InChI is InChI=1S/C16H23NO2/c1-12-16(2,8-10-18-12)17-11-13-7-9-19-15-6-4-3-5-14(13)15/h3-6,12-13,17H,7-11H2,1-2H3. The molecule has 3 rings (SSSR count). The van der Waals surface area contributed by atoms with Crippen molar-refractivity contribution in [2.75, 3.05) is 19.8 Å². The van der Waals surface area contributed by atoms with Crippen molar-refractivity contribution in [3.05, 3.63) is 29.8 Å². The van der Waals surface area contributed by atoms with Gasteiger partial charge in [0.05, 0.1) is 12.7 Å². The molecule has 0 saturated carbocycles. The van der Waals surface area contributed by atoms with Crippen LogP contribution >= 0.6 is 0 Å². The summed E-state index contributed by atoms with van der Waals surface area (Å²) in [5.74, 6) is 1.61. The summed E-state index contributed by atoms with van der Waals surface area (Å²) in [7, 11) is 0. The number of para-hydroxylation sites is 1. The van der Waals surface area contributed by atoms with Crippen molar-refractivity contribution in [3.8, 4) is 5.75 Å². The fourth-order valence-electron chi connectivity index (χ4n) is 3.05. The first-order valence-corrected chi connectivity index (χ1v) is 7.27. The second-order valence-corrected chi connectivity index (χ2v) is 5.93. The second-order valence-electron chi connectivity index (χ2n) is 5.93. The maximum atomic E-state index is 5.72. The van der Waals surface area contributed by atoms with Crippen molar-refractivity contribution < 1.29 is 9.47 Å². The van der Waals surface area contributed by atoms with Gasteiger partial charge in [0.25, 0.3) is 0 Å². The highest BCUT2D eigenvalue weighted by Crippen LogP contribution is 2.34. The number of ether oxygens (including phenoxy) is 2. The van der Waals surface area contributed by atoms with E-state index >= 15 is 0 Å². The van der Waals surface area contributed by atoms with Gasteiger partial charge in [0, 0.05) is 24.6 Å². The normalized spacial score (nSPS) is 33.8. The number of fused-ring (bicyclic) bond motifs is 1. The van der Waals surface area contributed by atoms with Gasteiger partial charge in [0.15, 0.2) is 0 Å². The molecule has 0 radical (unpaired) electrons. The van der Waals surface area contributed by atoms with Crippen molar-refractivity contribution in [3.63, 3.8) is 0 Å². The van der Waals surface area contributed by atoms with E-state index in [9.17, 15) is 0 Å². The largest absolute Gasteiger partial charge is 0.493 e. The summed E-state index contributed by atoms with van der Waals surface area (Å²) >= 11 is 0. The molecule has 3 nitrogen and oxygen atoms in total. The zero-order chi connectivity index (χ0) is 13.3. The second kappa shape index (κ2) is 5.14. The van der Waals surface area contributed by atoms with Crippen molar-refractivity contribution >= 4 is 0 Å². The average molecular weight is 261 g/mol. The fraction of sp³-hybridized carbons (Fsp3) is 0.625. The third kappa shape index (κ3) is 2.49. The topological polar surface area (TPSA) is 30.5 Å². The van der Waals surface area contributed by atoms with Crippen LogP contribution in [0.1, 0.15) is 38.2 Å². The van der Waals surface area contributed by atoms with Gasteiger partial charge in [-0.1, -0.05) is 18.2 Å². The molecule has 1 fully saturated rings. The summed E-state index contributed by atoms with van der Waals surface area (Å²) in [6, 6.07) is 8.41. The Labute approximate surface area is 115 Å². The van der Waals surface area contributed by atoms with Gasteiger partial charge in [-0.05, 0) is 38.3 Å². The molecule has 0 aromatic heterocycles. The van der Waals surface area contributed by atoms with Crippen LogP contribution in [0.15, 0.2) is 24.3 Å². The highest BCUT2D eigenvalue weighted by atomic mass is 16.5. The predicted molar refractivity (Wildman–Crippen MR) is 75.7 cm³/mol. The third-order valence-corrected chi connectivity index (χ3v) is 4.72. The van der Waals surface area contributed by atoms with E-state index in [1.807, 2.05) is 6.07 Å². The molecule has 2 aliphatic rings. The van der Waals surface area contributed by atoms with E-state index in [1.54, 1.807) is 0 Å². The van der Waals surface area contributed by atoms with Crippen LogP contribution in [0.2, 0.25) is 0 Å². The van der Waals surface area contributed by atoms with Crippen molar-refractivity contribution in [1.29, 1.82) is 0 Å². The lowest BCUT2D eigenvalue weighted by Crippen LogP contribution is -2.49. The Hall–Kier alpha value is -1.06. The molecule has 1 aromatic rings. The van der Waals surface area contributed by atoms with E-state index in [1.165, 1.54) is 5.56 Å². The van der Waals surface area contributed by atoms with Gasteiger partial charge in [-0.3, -0.25) is 0 Å². The van der Waals surface area contributed by atoms with E-state index < -0.39 is 0 Å². The van der Waals surface area contributed by atoms with Crippen molar-refractivity contribution in [2.45, 2.75) is 44.2 Å². The van der Waals surface area contributed by atoms with Crippen LogP contribution in [-0.4, -0.2) is 31.4 Å². The fourth-order valence-corrected chi connectivity index (χ4v) is 3.05. The summed E-state index contributed by atoms with van der Waals surface area (Å²) in [5.41, 5.74) is 1.46. The Kier molecular flexibility index (Phi) is 3.50. The molecular formula is C16H23NO2. The molecule has 0 aliphatic carbocycles. The molecular weight excluding hydrogens is 238 g/mol. The Morgan fingerprint density at radius 1 is 1.32 bits per heavy atom. The predicted octanol–water partition coefficient (Wildman–Crippen LogP) is 2.71. The van der Waals surface area contributed by atoms with Crippen LogP contribution in [0, 0.1) is 0 Å². The molecule has 0 amide bonds.